The zero-order valence-electron chi connectivity index (χ0n) is 63.2. The fourth-order valence-corrected chi connectivity index (χ4v) is 16.4. The second-order valence-electron chi connectivity index (χ2n) is 33.8. The Labute approximate surface area is 630 Å². The normalized spacial score (nSPS) is 13.0. The number of hydrogen-bond donors (Lipinski definition) is 0. The second-order valence-corrected chi connectivity index (χ2v) is 33.8. The van der Waals surface area contributed by atoms with Gasteiger partial charge in [0, 0.05) is 50.8 Å². The third kappa shape index (κ3) is 12.1. The Balaban J connectivity index is 1.01. The third-order valence-electron chi connectivity index (χ3n) is 22.3. The molecule has 0 atom stereocenters. The van der Waals surface area contributed by atoms with E-state index in [1.165, 1.54) is 81.7 Å². The van der Waals surface area contributed by atoms with Crippen molar-refractivity contribution in [2.24, 2.45) is 0 Å². The van der Waals surface area contributed by atoms with Crippen LogP contribution in [0.25, 0.3) is 122 Å². The fourth-order valence-electron chi connectivity index (χ4n) is 16.4. The van der Waals surface area contributed by atoms with E-state index in [4.69, 9.17) is 15.0 Å². The van der Waals surface area contributed by atoms with Crippen LogP contribution < -0.4 is 26.2 Å². The average molecular weight is 1380 g/mol. The van der Waals surface area contributed by atoms with Gasteiger partial charge < -0.3 is 9.80 Å². The van der Waals surface area contributed by atoms with E-state index < -0.39 is 0 Å². The van der Waals surface area contributed by atoms with Gasteiger partial charge in [0.05, 0.1) is 0 Å². The van der Waals surface area contributed by atoms with Gasteiger partial charge in [-0.15, -0.1) is 0 Å². The smallest absolute Gasteiger partial charge is 0.252 e. The molecule has 518 valence electrons. The minimum Gasteiger partial charge on any atom is -0.311 e. The maximum Gasteiger partial charge on any atom is 0.252 e. The minimum atomic E-state index is -0.252. The molecular weight excluding hydrogens is 1290 g/mol. The number of fused-ring (bicyclic) bond motifs is 10. The van der Waals surface area contributed by atoms with Gasteiger partial charge in [0.2, 0.25) is 0 Å². The van der Waals surface area contributed by atoms with Crippen molar-refractivity contribution in [1.82, 2.24) is 15.0 Å². The highest BCUT2D eigenvalue weighted by Gasteiger charge is 2.45. The molecule has 0 aliphatic carbocycles. The van der Waals surface area contributed by atoms with E-state index in [0.717, 1.165) is 95.3 Å². The van der Waals surface area contributed by atoms with E-state index >= 15 is 0 Å². The Morgan fingerprint density at radius 3 is 0.822 bits per heavy atom. The van der Waals surface area contributed by atoms with E-state index in [1.54, 1.807) is 0 Å². The predicted octanol–water partition coefficient (Wildman–Crippen LogP) is 25.4. The van der Waals surface area contributed by atoms with E-state index in [1.807, 2.05) is 0 Å². The zero-order valence-corrected chi connectivity index (χ0v) is 63.2. The molecule has 5 nitrogen and oxygen atoms in total. The van der Waals surface area contributed by atoms with Gasteiger partial charge in [-0.2, -0.15) is 0 Å². The van der Waals surface area contributed by atoms with Crippen LogP contribution in [-0.2, 0) is 21.7 Å². The summed E-state index contributed by atoms with van der Waals surface area (Å²) < 4.78 is 0. The van der Waals surface area contributed by atoms with Crippen molar-refractivity contribution >= 4 is 100 Å². The van der Waals surface area contributed by atoms with Crippen molar-refractivity contribution in [2.75, 3.05) is 9.80 Å². The van der Waals surface area contributed by atoms with Gasteiger partial charge in [-0.1, -0.05) is 301 Å². The van der Waals surface area contributed by atoms with E-state index in [-0.39, 0.29) is 28.4 Å². The molecule has 0 spiro atoms. The summed E-state index contributed by atoms with van der Waals surface area (Å²) in [5.74, 6) is 1.69. The van der Waals surface area contributed by atoms with Crippen LogP contribution in [0.2, 0.25) is 0 Å². The van der Waals surface area contributed by atoms with Crippen molar-refractivity contribution in [3.63, 3.8) is 0 Å². The molecule has 0 amide bonds. The lowest BCUT2D eigenvalue weighted by Crippen LogP contribution is -2.61. The second kappa shape index (κ2) is 25.4. The molecule has 16 aromatic rings. The first-order valence-electron chi connectivity index (χ1n) is 37.8. The van der Waals surface area contributed by atoms with Crippen LogP contribution in [0.4, 0.5) is 34.1 Å². The molecule has 15 aromatic carbocycles. The van der Waals surface area contributed by atoms with Crippen LogP contribution in [-0.4, -0.2) is 21.7 Å². The third-order valence-corrected chi connectivity index (χ3v) is 22.3. The molecule has 0 unspecified atom stereocenters. The minimum absolute atomic E-state index is 0.197. The number of hydrogen-bond acceptors (Lipinski definition) is 5. The van der Waals surface area contributed by atoms with Crippen molar-refractivity contribution in [3.05, 3.63) is 326 Å². The van der Waals surface area contributed by atoms with Crippen LogP contribution in [0.15, 0.2) is 303 Å². The summed E-state index contributed by atoms with van der Waals surface area (Å²) in [4.78, 5) is 22.9. The first-order valence-corrected chi connectivity index (χ1v) is 37.8. The van der Waals surface area contributed by atoms with Gasteiger partial charge in [-0.3, -0.25) is 0 Å². The Bertz CT molecular complexity index is 5680. The van der Waals surface area contributed by atoms with E-state index in [0.29, 0.717) is 17.5 Å². The standard InChI is InChI=1S/C101H86BN5/c1-98(2,3)78-55-79(99(4,5)6)58-82(57-78)106-90-51-69-43-41-67-37-25-27-39-84(67)86(69)61-88(90)102-89-62-87-70(44-42-68-38-26-28-40-85(68)87)52-91(89)107(83-59-80(100(7,8)9)56-81(60-83)101(10,11)12)93-54-77(53-92(106)94(93)102)97-104-95(75-47-71(63-29-17-13-18-30-63)45-72(48-75)64-31-19-14-20-32-64)103-96(105-97)76-49-73(65-33-21-15-22-34-65)46-74(50-76)66-35-23-16-24-36-66/h13-62H,1-12H3. The molecule has 18 rings (SSSR count). The lowest BCUT2D eigenvalue weighted by molar-refractivity contribution is 0.568. The maximum absolute atomic E-state index is 5.94. The number of benzene rings is 15. The monoisotopic (exact) mass is 1380 g/mol. The van der Waals surface area contributed by atoms with Gasteiger partial charge in [0.25, 0.3) is 6.71 Å². The fraction of sp³-hybridized carbons (Fsp3) is 0.158. The number of rotatable bonds is 9. The average Bonchev–Trinajstić information content (AvgIpc) is 0.686. The molecular formula is C101H86BN5. The summed E-state index contributed by atoms with van der Waals surface area (Å²) >= 11 is 0. The Kier molecular flexibility index (Phi) is 15.9. The predicted molar refractivity (Wildman–Crippen MR) is 457 cm³/mol. The summed E-state index contributed by atoms with van der Waals surface area (Å²) in [6.45, 7) is 28.0. The van der Waals surface area contributed by atoms with Gasteiger partial charge in [-0.05, 0) is 233 Å². The Morgan fingerprint density at radius 2 is 0.505 bits per heavy atom. The molecule has 2 aliphatic rings. The highest BCUT2D eigenvalue weighted by molar-refractivity contribution is 7.00. The van der Waals surface area contributed by atoms with Crippen molar-refractivity contribution in [3.8, 4) is 78.7 Å². The lowest BCUT2D eigenvalue weighted by Gasteiger charge is -2.45. The molecule has 3 heterocycles. The molecule has 0 fully saturated rings. The number of aromatic nitrogens is 3. The van der Waals surface area contributed by atoms with Crippen LogP contribution in [0.1, 0.15) is 105 Å². The summed E-state index contributed by atoms with van der Waals surface area (Å²) in [6, 6.07) is 113. The zero-order chi connectivity index (χ0) is 73.4. The first kappa shape index (κ1) is 66.9. The molecule has 0 saturated carbocycles. The van der Waals surface area contributed by atoms with Crippen molar-refractivity contribution in [1.29, 1.82) is 0 Å². The lowest BCUT2D eigenvalue weighted by atomic mass is 9.33. The van der Waals surface area contributed by atoms with Gasteiger partial charge >= 0.3 is 0 Å². The topological polar surface area (TPSA) is 45.2 Å². The van der Waals surface area contributed by atoms with Gasteiger partial charge in [0.15, 0.2) is 17.5 Å². The molecule has 0 bridgehead atoms. The van der Waals surface area contributed by atoms with Crippen LogP contribution in [0.3, 0.4) is 0 Å². The molecule has 0 radical (unpaired) electrons. The highest BCUT2D eigenvalue weighted by atomic mass is 15.2. The number of anilines is 6. The SMILES string of the molecule is CC(C)(C)c1cc(N2c3cc4ccc5ccccc5c4cc3B3c4cc5c(ccc6ccccc65)cc4N(c4cc(C(C)(C)C)cc(C(C)(C)C)c4)c4cc(-c5nc(-c6cc(-c7ccccc7)cc(-c7ccccc7)c6)nc(-c6cc(-c7ccccc7)cc(-c7ccccc7)c6)n5)cc2c43)cc(C(C)(C)C)c1. The molecule has 107 heavy (non-hydrogen) atoms. The molecule has 6 heteroatoms. The molecule has 0 saturated heterocycles. The quantitative estimate of drug-likeness (QED) is 0.106. The van der Waals surface area contributed by atoms with Gasteiger partial charge in [0.1, 0.15) is 0 Å². The summed E-state index contributed by atoms with van der Waals surface area (Å²) in [6.07, 6.45) is 0. The van der Waals surface area contributed by atoms with Crippen LogP contribution >= 0.6 is 0 Å². The van der Waals surface area contributed by atoms with E-state index in [9.17, 15) is 0 Å². The Hall–Kier alpha value is -12.0. The van der Waals surface area contributed by atoms with Gasteiger partial charge in [-0.25, -0.2) is 15.0 Å². The first-order chi connectivity index (χ1) is 51.5. The highest BCUT2D eigenvalue weighted by Crippen LogP contribution is 2.51. The summed E-state index contributed by atoms with van der Waals surface area (Å²) in [5.41, 5.74) is 25.9. The van der Waals surface area contributed by atoms with Crippen LogP contribution in [0, 0.1) is 0 Å². The maximum atomic E-state index is 5.94. The molecule has 2 aliphatic heterocycles. The van der Waals surface area contributed by atoms with Crippen molar-refractivity contribution in [2.45, 2.75) is 105 Å². The summed E-state index contributed by atoms with van der Waals surface area (Å²) in [5, 5.41) is 9.72. The van der Waals surface area contributed by atoms with Crippen molar-refractivity contribution < 1.29 is 0 Å². The van der Waals surface area contributed by atoms with E-state index in [2.05, 4.69) is 396 Å². The summed E-state index contributed by atoms with van der Waals surface area (Å²) in [7, 11) is 0. The largest absolute Gasteiger partial charge is 0.311 e. The van der Waals surface area contributed by atoms with Crippen LogP contribution in [0.5, 0.6) is 0 Å². The Morgan fingerprint density at radius 1 is 0.224 bits per heavy atom. The molecule has 0 N–H and O–H groups in total. The molecule has 1 aromatic heterocycles. The number of nitrogens with zero attached hydrogens (tertiary/aromatic N) is 5.